The highest BCUT2D eigenvalue weighted by atomic mass is 32.2. The van der Waals surface area contributed by atoms with Crippen LogP contribution >= 0.6 is 0 Å². The van der Waals surface area contributed by atoms with Gasteiger partial charge in [0.25, 0.3) is 10.0 Å². The molecule has 0 bridgehead atoms. The number of amides is 2. The van der Waals surface area contributed by atoms with Crippen LogP contribution in [0.25, 0.3) is 0 Å². The largest absolute Gasteiger partial charge is 0.495 e. The van der Waals surface area contributed by atoms with Crippen molar-refractivity contribution in [2.45, 2.75) is 44.2 Å². The number of nitrogens with zero attached hydrogens (tertiary/aromatic N) is 2. The van der Waals surface area contributed by atoms with Gasteiger partial charge in [0.05, 0.1) is 17.7 Å². The van der Waals surface area contributed by atoms with E-state index in [1.807, 2.05) is 44.2 Å². The first-order valence-electron chi connectivity index (χ1n) is 14.7. The van der Waals surface area contributed by atoms with Crippen molar-refractivity contribution in [1.82, 2.24) is 10.2 Å². The van der Waals surface area contributed by atoms with E-state index in [2.05, 4.69) is 5.32 Å². The van der Waals surface area contributed by atoms with Crippen LogP contribution < -0.4 is 14.4 Å². The molecule has 0 unspecified atom stereocenters. The molecule has 0 aliphatic heterocycles. The average molecular weight is 632 g/mol. The fraction of sp³-hybridized carbons (Fsp3) is 0.257. The second kappa shape index (κ2) is 15.3. The quantitative estimate of drug-likeness (QED) is 0.198. The van der Waals surface area contributed by atoms with Crippen LogP contribution in [0.1, 0.15) is 30.0 Å². The lowest BCUT2D eigenvalue weighted by Crippen LogP contribution is -2.53. The van der Waals surface area contributed by atoms with E-state index in [1.165, 1.54) is 36.3 Å². The van der Waals surface area contributed by atoms with Gasteiger partial charge in [-0.1, -0.05) is 85.3 Å². The zero-order chi connectivity index (χ0) is 32.4. The van der Waals surface area contributed by atoms with E-state index in [1.54, 1.807) is 48.5 Å². The molecule has 45 heavy (non-hydrogen) atoms. The molecule has 236 valence electrons. The summed E-state index contributed by atoms with van der Waals surface area (Å²) in [6.07, 6.45) is 0.803. The van der Waals surface area contributed by atoms with Crippen LogP contribution in [0.15, 0.2) is 108 Å². The van der Waals surface area contributed by atoms with Crippen LogP contribution in [0, 0.1) is 12.7 Å². The third-order valence-electron chi connectivity index (χ3n) is 7.36. The maximum absolute atomic E-state index is 15.0. The molecular weight excluding hydrogens is 593 g/mol. The maximum atomic E-state index is 15.0. The number of rotatable bonds is 14. The van der Waals surface area contributed by atoms with Crippen molar-refractivity contribution in [1.29, 1.82) is 0 Å². The van der Waals surface area contributed by atoms with E-state index in [-0.39, 0.29) is 34.9 Å². The monoisotopic (exact) mass is 631 g/mol. The zero-order valence-corrected chi connectivity index (χ0v) is 26.5. The Kier molecular flexibility index (Phi) is 11.3. The minimum atomic E-state index is -4.30. The van der Waals surface area contributed by atoms with Gasteiger partial charge in [0.2, 0.25) is 11.8 Å². The Morgan fingerprint density at radius 2 is 1.53 bits per heavy atom. The highest BCUT2D eigenvalue weighted by molar-refractivity contribution is 7.92. The smallest absolute Gasteiger partial charge is 0.264 e. The van der Waals surface area contributed by atoms with Gasteiger partial charge in [0.1, 0.15) is 24.2 Å². The van der Waals surface area contributed by atoms with Crippen molar-refractivity contribution in [3.8, 4) is 5.75 Å². The summed E-state index contributed by atoms with van der Waals surface area (Å²) in [6, 6.07) is 26.9. The lowest BCUT2D eigenvalue weighted by Gasteiger charge is -2.34. The fourth-order valence-corrected chi connectivity index (χ4v) is 6.34. The number of aryl methyl sites for hydroxylation is 1. The van der Waals surface area contributed by atoms with Crippen molar-refractivity contribution >= 4 is 27.5 Å². The molecule has 4 aromatic rings. The van der Waals surface area contributed by atoms with Crippen LogP contribution in [-0.4, -0.2) is 51.4 Å². The third-order valence-corrected chi connectivity index (χ3v) is 9.13. The summed E-state index contributed by atoms with van der Waals surface area (Å²) in [4.78, 5) is 29.4. The minimum absolute atomic E-state index is 0.0195. The van der Waals surface area contributed by atoms with Crippen molar-refractivity contribution in [3.05, 3.63) is 126 Å². The van der Waals surface area contributed by atoms with Crippen LogP contribution in [0.2, 0.25) is 0 Å². The van der Waals surface area contributed by atoms with E-state index < -0.39 is 40.2 Å². The molecule has 0 spiro atoms. The molecule has 0 aliphatic carbocycles. The normalized spacial score (nSPS) is 11.8. The first-order chi connectivity index (χ1) is 21.6. The van der Waals surface area contributed by atoms with Crippen LogP contribution in [0.3, 0.4) is 0 Å². The number of benzene rings is 4. The van der Waals surface area contributed by atoms with Crippen LogP contribution in [-0.2, 0) is 32.6 Å². The number of nitrogens with one attached hydrogen (secondary N) is 1. The topological polar surface area (TPSA) is 96.0 Å². The molecule has 1 atom stereocenters. The van der Waals surface area contributed by atoms with Crippen molar-refractivity contribution in [2.75, 3.05) is 24.5 Å². The van der Waals surface area contributed by atoms with Gasteiger partial charge in [-0.15, -0.1) is 0 Å². The predicted octanol–water partition coefficient (Wildman–Crippen LogP) is 5.50. The van der Waals surface area contributed by atoms with E-state index in [0.717, 1.165) is 15.4 Å². The Bertz CT molecular complexity index is 1700. The average Bonchev–Trinajstić information content (AvgIpc) is 3.05. The molecule has 1 N–H and O–H groups in total. The standard InChI is InChI=1S/C35H38FN3O5S/c1-4-22-37-35(41)32(23-27-12-6-5-7-13-27)38(24-28-14-8-9-15-30(28)36)34(40)25-39(31-16-10-11-17-33(31)44-3)45(42,43)29-20-18-26(2)19-21-29/h5-21,32H,4,22-25H2,1-3H3,(H,37,41)/t32-/m1/s1. The molecule has 0 radical (unpaired) electrons. The molecule has 0 saturated heterocycles. The van der Waals surface area contributed by atoms with Gasteiger partial charge in [-0.25, -0.2) is 12.8 Å². The predicted molar refractivity (Wildman–Crippen MR) is 173 cm³/mol. The van der Waals surface area contributed by atoms with E-state index in [9.17, 15) is 18.0 Å². The summed E-state index contributed by atoms with van der Waals surface area (Å²) in [6.45, 7) is 3.20. The van der Waals surface area contributed by atoms with Crippen molar-refractivity contribution < 1.29 is 27.1 Å². The summed E-state index contributed by atoms with van der Waals surface area (Å²) in [5, 5.41) is 2.87. The molecular formula is C35H38FN3O5S. The molecule has 0 aliphatic rings. The number of para-hydroxylation sites is 2. The van der Waals surface area contributed by atoms with Gasteiger partial charge in [0, 0.05) is 25.1 Å². The number of carbonyl (C=O) groups excluding carboxylic acids is 2. The van der Waals surface area contributed by atoms with Crippen molar-refractivity contribution in [3.63, 3.8) is 0 Å². The van der Waals surface area contributed by atoms with Crippen molar-refractivity contribution in [2.24, 2.45) is 0 Å². The van der Waals surface area contributed by atoms with Crippen LogP contribution in [0.4, 0.5) is 10.1 Å². The third kappa shape index (κ3) is 8.27. The number of halogens is 1. The molecule has 2 amide bonds. The van der Waals surface area contributed by atoms with E-state index in [4.69, 9.17) is 4.74 Å². The number of carbonyl (C=O) groups is 2. The molecule has 4 rings (SSSR count). The highest BCUT2D eigenvalue weighted by Gasteiger charge is 2.35. The SMILES string of the molecule is CCCNC(=O)[C@@H](Cc1ccccc1)N(Cc1ccccc1F)C(=O)CN(c1ccccc1OC)S(=O)(=O)c1ccc(C)cc1. The first-order valence-corrected chi connectivity index (χ1v) is 16.2. The Balaban J connectivity index is 1.83. The molecule has 0 saturated carbocycles. The minimum Gasteiger partial charge on any atom is -0.495 e. The number of anilines is 1. The van der Waals surface area contributed by atoms with E-state index in [0.29, 0.717) is 13.0 Å². The zero-order valence-electron chi connectivity index (χ0n) is 25.6. The van der Waals surface area contributed by atoms with Crippen LogP contribution in [0.5, 0.6) is 5.75 Å². The second-order valence-corrected chi connectivity index (χ2v) is 12.5. The molecule has 0 heterocycles. The van der Waals surface area contributed by atoms with Gasteiger partial charge in [-0.2, -0.15) is 0 Å². The van der Waals surface area contributed by atoms with E-state index >= 15 is 4.39 Å². The molecule has 10 heteroatoms. The number of ether oxygens (including phenoxy) is 1. The molecule has 0 aromatic heterocycles. The Labute approximate surface area is 264 Å². The number of methoxy groups -OCH3 is 1. The fourth-order valence-electron chi connectivity index (χ4n) is 4.92. The Morgan fingerprint density at radius 1 is 0.889 bits per heavy atom. The summed E-state index contributed by atoms with van der Waals surface area (Å²) in [5.74, 6) is -1.41. The van der Waals surface area contributed by atoms with Gasteiger partial charge in [-0.3, -0.25) is 13.9 Å². The van der Waals surface area contributed by atoms with Gasteiger partial charge in [0.15, 0.2) is 0 Å². The second-order valence-electron chi connectivity index (χ2n) is 10.6. The summed E-state index contributed by atoms with van der Waals surface area (Å²) < 4.78 is 49.9. The number of sulfonamides is 1. The van der Waals surface area contributed by atoms with Gasteiger partial charge >= 0.3 is 0 Å². The molecule has 4 aromatic carbocycles. The Morgan fingerprint density at radius 3 is 2.20 bits per heavy atom. The number of hydrogen-bond acceptors (Lipinski definition) is 5. The Hall–Kier alpha value is -4.70. The molecule has 8 nitrogen and oxygen atoms in total. The summed E-state index contributed by atoms with van der Waals surface area (Å²) in [7, 11) is -2.89. The highest BCUT2D eigenvalue weighted by Crippen LogP contribution is 2.33. The maximum Gasteiger partial charge on any atom is 0.264 e. The summed E-state index contributed by atoms with van der Waals surface area (Å²) in [5.41, 5.74) is 1.99. The first kappa shape index (κ1) is 33.2. The van der Waals surface area contributed by atoms with Gasteiger partial charge < -0.3 is 15.0 Å². The molecule has 0 fully saturated rings. The van der Waals surface area contributed by atoms with Gasteiger partial charge in [-0.05, 0) is 49.2 Å². The lowest BCUT2D eigenvalue weighted by atomic mass is 10.0. The lowest BCUT2D eigenvalue weighted by molar-refractivity contribution is -0.140. The number of hydrogen-bond donors (Lipinski definition) is 1. The summed E-state index contributed by atoms with van der Waals surface area (Å²) >= 11 is 0.